The molecule has 1 aliphatic carbocycles. The Morgan fingerprint density at radius 1 is 1.27 bits per heavy atom. The van der Waals surface area contributed by atoms with Gasteiger partial charge >= 0.3 is 0 Å². The highest BCUT2D eigenvalue weighted by Crippen LogP contribution is 2.39. The van der Waals surface area contributed by atoms with Gasteiger partial charge in [-0.25, -0.2) is 9.97 Å². The molecule has 26 heavy (non-hydrogen) atoms. The van der Waals surface area contributed by atoms with Gasteiger partial charge in [0.2, 0.25) is 0 Å². The van der Waals surface area contributed by atoms with Crippen molar-refractivity contribution in [1.82, 2.24) is 15.3 Å². The average Bonchev–Trinajstić information content (AvgIpc) is 3.48. The van der Waals surface area contributed by atoms with E-state index in [4.69, 9.17) is 4.98 Å². The Morgan fingerprint density at radius 3 is 2.77 bits per heavy atom. The van der Waals surface area contributed by atoms with Crippen molar-refractivity contribution in [3.05, 3.63) is 70.8 Å². The number of hydrogen-bond donors (Lipinski definition) is 1. The Balaban J connectivity index is 1.75. The third kappa shape index (κ3) is 3.07. The Bertz CT molecular complexity index is 890. The number of aryl methyl sites for hydroxylation is 1. The fourth-order valence-corrected chi connectivity index (χ4v) is 3.87. The lowest BCUT2D eigenvalue weighted by Gasteiger charge is -2.17. The van der Waals surface area contributed by atoms with Crippen molar-refractivity contribution in [1.29, 1.82) is 0 Å². The van der Waals surface area contributed by atoms with Crippen LogP contribution >= 0.6 is 0 Å². The number of nitrogens with zero attached hydrogens (tertiary/aromatic N) is 2. The molecule has 0 bridgehead atoms. The average molecular weight is 345 g/mol. The first-order chi connectivity index (χ1) is 12.6. The number of allylic oxidation sites excluding steroid dienone is 1. The molecule has 1 fully saturated rings. The fraction of sp³-hybridized carbons (Fsp3) is 0.391. The maximum absolute atomic E-state index is 4.78. The molecule has 3 nitrogen and oxygen atoms in total. The van der Waals surface area contributed by atoms with E-state index in [9.17, 15) is 0 Å². The van der Waals surface area contributed by atoms with Gasteiger partial charge in [-0.2, -0.15) is 0 Å². The van der Waals surface area contributed by atoms with Gasteiger partial charge in [-0.05, 0) is 55.7 Å². The molecular weight excluding hydrogens is 318 g/mol. The molecule has 4 rings (SSSR count). The summed E-state index contributed by atoms with van der Waals surface area (Å²) in [6.45, 7) is 11.7. The monoisotopic (exact) mass is 345 g/mol. The third-order valence-corrected chi connectivity index (χ3v) is 5.65. The molecule has 2 aromatic rings. The molecular formula is C23H27N3. The van der Waals surface area contributed by atoms with Crippen LogP contribution in [0.1, 0.15) is 78.7 Å². The second-order valence-electron chi connectivity index (χ2n) is 7.60. The minimum Gasteiger partial charge on any atom is -0.385 e. The van der Waals surface area contributed by atoms with Gasteiger partial charge in [0.1, 0.15) is 5.82 Å². The summed E-state index contributed by atoms with van der Waals surface area (Å²) >= 11 is 0. The van der Waals surface area contributed by atoms with Crippen LogP contribution in [0.2, 0.25) is 0 Å². The summed E-state index contributed by atoms with van der Waals surface area (Å²) in [6.07, 6.45) is 7.78. The Labute approximate surface area is 156 Å². The van der Waals surface area contributed by atoms with Crippen molar-refractivity contribution in [3.63, 3.8) is 0 Å². The molecule has 0 spiro atoms. The topological polar surface area (TPSA) is 37.8 Å². The molecule has 134 valence electrons. The normalized spacial score (nSPS) is 20.3. The molecule has 1 unspecified atom stereocenters. The zero-order chi connectivity index (χ0) is 18.3. The highest BCUT2D eigenvalue weighted by Gasteiger charge is 2.27. The molecule has 1 saturated carbocycles. The number of hydrogen-bond acceptors (Lipinski definition) is 3. The predicted molar refractivity (Wildman–Crippen MR) is 108 cm³/mol. The van der Waals surface area contributed by atoms with Crippen LogP contribution < -0.4 is 5.32 Å². The van der Waals surface area contributed by atoms with Crippen LogP contribution in [0.3, 0.4) is 0 Å². The Kier molecular flexibility index (Phi) is 4.39. The van der Waals surface area contributed by atoms with Crippen molar-refractivity contribution in [2.24, 2.45) is 0 Å². The Morgan fingerprint density at radius 2 is 2.08 bits per heavy atom. The first-order valence-electron chi connectivity index (χ1n) is 9.66. The van der Waals surface area contributed by atoms with Crippen LogP contribution in [-0.4, -0.2) is 16.5 Å². The van der Waals surface area contributed by atoms with Gasteiger partial charge in [-0.1, -0.05) is 37.8 Å². The minimum absolute atomic E-state index is 0.518. The van der Waals surface area contributed by atoms with Crippen molar-refractivity contribution >= 4 is 11.3 Å². The molecule has 1 aromatic carbocycles. The first kappa shape index (κ1) is 17.0. The van der Waals surface area contributed by atoms with E-state index < -0.39 is 0 Å². The maximum Gasteiger partial charge on any atom is 0.131 e. The Hall–Kier alpha value is -2.42. The number of nitrogens with one attached hydrogen (secondary N) is 1. The molecule has 1 atom stereocenters. The van der Waals surface area contributed by atoms with Crippen LogP contribution in [-0.2, 0) is 0 Å². The molecule has 2 aliphatic rings. The zero-order valence-electron chi connectivity index (χ0n) is 16.0. The summed E-state index contributed by atoms with van der Waals surface area (Å²) in [5.41, 5.74) is 8.31. The van der Waals surface area contributed by atoms with Crippen molar-refractivity contribution in [2.75, 3.05) is 6.54 Å². The van der Waals surface area contributed by atoms with E-state index in [1.165, 1.54) is 35.1 Å². The molecule has 3 heteroatoms. The second kappa shape index (κ2) is 6.71. The summed E-state index contributed by atoms with van der Waals surface area (Å²) in [7, 11) is 0. The quantitative estimate of drug-likeness (QED) is 0.833. The van der Waals surface area contributed by atoms with Crippen molar-refractivity contribution in [2.45, 2.75) is 51.9 Å². The van der Waals surface area contributed by atoms with Crippen LogP contribution in [0, 0.1) is 6.92 Å². The maximum atomic E-state index is 4.78. The first-order valence-corrected chi connectivity index (χ1v) is 9.66. The fourth-order valence-electron chi connectivity index (χ4n) is 3.87. The highest BCUT2D eigenvalue weighted by molar-refractivity contribution is 5.82. The molecule has 1 aliphatic heterocycles. The van der Waals surface area contributed by atoms with E-state index in [-0.39, 0.29) is 0 Å². The van der Waals surface area contributed by atoms with Crippen LogP contribution in [0.5, 0.6) is 0 Å². The number of aromatic nitrogens is 2. The highest BCUT2D eigenvalue weighted by atomic mass is 14.9. The lowest BCUT2D eigenvalue weighted by atomic mass is 9.88. The van der Waals surface area contributed by atoms with E-state index in [1.807, 2.05) is 6.20 Å². The molecule has 1 aromatic heterocycles. The molecule has 2 heterocycles. The number of fused-ring (bicyclic) bond motifs is 1. The van der Waals surface area contributed by atoms with E-state index in [0.717, 1.165) is 35.7 Å². The molecule has 1 N–H and O–H groups in total. The minimum atomic E-state index is 0.518. The summed E-state index contributed by atoms with van der Waals surface area (Å²) in [6, 6.07) is 6.75. The zero-order valence-corrected chi connectivity index (χ0v) is 16.0. The van der Waals surface area contributed by atoms with Gasteiger partial charge in [0, 0.05) is 41.2 Å². The molecule has 0 amide bonds. The summed E-state index contributed by atoms with van der Waals surface area (Å²) in [4.78, 5) is 9.43. The van der Waals surface area contributed by atoms with Crippen LogP contribution in [0.25, 0.3) is 11.3 Å². The SMILES string of the molecule is C=C1NCCC(C)c2cc(/C(=C/C)c3cnc(C4CC4)nc3C)ccc21. The van der Waals surface area contributed by atoms with Crippen LogP contribution in [0.4, 0.5) is 0 Å². The summed E-state index contributed by atoms with van der Waals surface area (Å²) in [5.74, 6) is 2.12. The lowest BCUT2D eigenvalue weighted by Crippen LogP contribution is -2.10. The third-order valence-electron chi connectivity index (χ3n) is 5.65. The van der Waals surface area contributed by atoms with Gasteiger partial charge in [-0.3, -0.25) is 0 Å². The molecule has 0 radical (unpaired) electrons. The van der Waals surface area contributed by atoms with Gasteiger partial charge in [-0.15, -0.1) is 0 Å². The van der Waals surface area contributed by atoms with E-state index in [1.54, 1.807) is 0 Å². The standard InChI is InChI=1S/C23H27N3/c1-5-19(22-13-25-23(17-6-7-17)26-16(22)4)18-8-9-20-15(3)24-11-10-14(2)21(20)12-18/h5,8-9,12-14,17,24H,3,6-7,10-11H2,1-2,4H3/b19-5-. The van der Waals surface area contributed by atoms with Crippen LogP contribution in [0.15, 0.2) is 37.1 Å². The van der Waals surface area contributed by atoms with Crippen molar-refractivity contribution in [3.8, 4) is 0 Å². The number of rotatable bonds is 3. The molecule has 0 saturated heterocycles. The van der Waals surface area contributed by atoms with E-state index in [2.05, 4.69) is 61.9 Å². The smallest absolute Gasteiger partial charge is 0.131 e. The van der Waals surface area contributed by atoms with E-state index in [0.29, 0.717) is 11.8 Å². The van der Waals surface area contributed by atoms with Gasteiger partial charge < -0.3 is 5.32 Å². The van der Waals surface area contributed by atoms with Gasteiger partial charge in [0.25, 0.3) is 0 Å². The van der Waals surface area contributed by atoms with Gasteiger partial charge in [0.15, 0.2) is 0 Å². The van der Waals surface area contributed by atoms with Crippen molar-refractivity contribution < 1.29 is 0 Å². The van der Waals surface area contributed by atoms with E-state index >= 15 is 0 Å². The summed E-state index contributed by atoms with van der Waals surface area (Å²) in [5, 5.41) is 3.43. The largest absolute Gasteiger partial charge is 0.385 e. The number of benzene rings is 1. The predicted octanol–water partition coefficient (Wildman–Crippen LogP) is 5.18. The summed E-state index contributed by atoms with van der Waals surface area (Å²) < 4.78 is 0. The lowest BCUT2D eigenvalue weighted by molar-refractivity contribution is 0.672. The van der Waals surface area contributed by atoms with Gasteiger partial charge in [0.05, 0.1) is 0 Å². The second-order valence-corrected chi connectivity index (χ2v) is 7.60.